The molecule has 0 N–H and O–H groups in total. The second kappa shape index (κ2) is 4.71. The summed E-state index contributed by atoms with van der Waals surface area (Å²) >= 11 is 0. The molecule has 1 saturated heterocycles. The van der Waals surface area contributed by atoms with E-state index < -0.39 is 0 Å². The number of nitriles is 1. The number of hydrogen-bond acceptors (Lipinski definition) is 5. The summed E-state index contributed by atoms with van der Waals surface area (Å²) in [5, 5.41) is 16.2. The first kappa shape index (κ1) is 9.87. The first-order valence-electron chi connectivity index (χ1n) is 4.86. The van der Waals surface area contributed by atoms with Gasteiger partial charge in [0.25, 0.3) is 5.88 Å². The van der Waals surface area contributed by atoms with Crippen LogP contribution >= 0.6 is 0 Å². The lowest BCUT2D eigenvalue weighted by Crippen LogP contribution is -2.17. The van der Waals surface area contributed by atoms with Crippen molar-refractivity contribution >= 4 is 0 Å². The predicted molar refractivity (Wildman–Crippen MR) is 51.2 cm³/mol. The zero-order valence-electron chi connectivity index (χ0n) is 8.22. The van der Waals surface area contributed by atoms with Gasteiger partial charge in [-0.2, -0.15) is 10.4 Å². The standard InChI is InChI=1S/C10H11N3O2/c11-6-8-3-4-12-13-10(8)15-7-9-2-1-5-14-9/h3-4,9H,1-2,5,7H2. The molecule has 0 aromatic carbocycles. The molecule has 1 aliphatic heterocycles. The van der Waals surface area contributed by atoms with Gasteiger partial charge in [-0.05, 0) is 18.9 Å². The smallest absolute Gasteiger partial charge is 0.251 e. The highest BCUT2D eigenvalue weighted by Crippen LogP contribution is 2.16. The topological polar surface area (TPSA) is 68.0 Å². The summed E-state index contributed by atoms with van der Waals surface area (Å²) in [7, 11) is 0. The van der Waals surface area contributed by atoms with E-state index in [1.54, 1.807) is 6.07 Å². The van der Waals surface area contributed by atoms with Gasteiger partial charge >= 0.3 is 0 Å². The molecule has 2 heterocycles. The first-order chi connectivity index (χ1) is 7.40. The Balaban J connectivity index is 1.95. The molecule has 1 fully saturated rings. The largest absolute Gasteiger partial charge is 0.473 e. The Hall–Kier alpha value is -1.67. The Morgan fingerprint density at radius 3 is 3.33 bits per heavy atom. The van der Waals surface area contributed by atoms with Gasteiger partial charge in [-0.3, -0.25) is 0 Å². The average molecular weight is 205 g/mol. The summed E-state index contributed by atoms with van der Waals surface area (Å²) < 4.78 is 10.8. The van der Waals surface area contributed by atoms with E-state index in [1.807, 2.05) is 6.07 Å². The normalized spacial score (nSPS) is 19.8. The van der Waals surface area contributed by atoms with E-state index in [2.05, 4.69) is 10.2 Å². The van der Waals surface area contributed by atoms with Crippen LogP contribution in [-0.2, 0) is 4.74 Å². The second-order valence-electron chi connectivity index (χ2n) is 3.31. The van der Waals surface area contributed by atoms with Crippen LogP contribution in [0.25, 0.3) is 0 Å². The minimum absolute atomic E-state index is 0.124. The van der Waals surface area contributed by atoms with E-state index in [-0.39, 0.29) is 12.0 Å². The van der Waals surface area contributed by atoms with E-state index in [0.717, 1.165) is 19.4 Å². The van der Waals surface area contributed by atoms with Crippen LogP contribution in [0.4, 0.5) is 0 Å². The summed E-state index contributed by atoms with van der Waals surface area (Å²) in [6.07, 6.45) is 3.66. The summed E-state index contributed by atoms with van der Waals surface area (Å²) in [5.74, 6) is 0.288. The molecule has 5 nitrogen and oxygen atoms in total. The highest BCUT2D eigenvalue weighted by molar-refractivity contribution is 5.35. The van der Waals surface area contributed by atoms with Gasteiger partial charge in [-0.1, -0.05) is 0 Å². The third-order valence-electron chi connectivity index (χ3n) is 2.24. The summed E-state index contributed by atoms with van der Waals surface area (Å²) in [5.41, 5.74) is 0.406. The second-order valence-corrected chi connectivity index (χ2v) is 3.31. The Morgan fingerprint density at radius 1 is 1.67 bits per heavy atom. The van der Waals surface area contributed by atoms with Crippen molar-refractivity contribution in [1.82, 2.24) is 10.2 Å². The van der Waals surface area contributed by atoms with Crippen LogP contribution in [-0.4, -0.2) is 29.5 Å². The number of rotatable bonds is 3. The van der Waals surface area contributed by atoms with Crippen molar-refractivity contribution in [3.8, 4) is 11.9 Å². The molecule has 0 amide bonds. The van der Waals surface area contributed by atoms with Crippen LogP contribution in [0.3, 0.4) is 0 Å². The number of nitrogens with zero attached hydrogens (tertiary/aromatic N) is 3. The maximum atomic E-state index is 8.78. The molecule has 0 spiro atoms. The minimum atomic E-state index is 0.124. The monoisotopic (exact) mass is 205 g/mol. The van der Waals surface area contributed by atoms with E-state index in [9.17, 15) is 0 Å². The zero-order chi connectivity index (χ0) is 10.5. The lowest BCUT2D eigenvalue weighted by atomic mass is 10.2. The lowest BCUT2D eigenvalue weighted by molar-refractivity contribution is 0.0658. The van der Waals surface area contributed by atoms with Crippen LogP contribution in [0, 0.1) is 11.3 Å². The zero-order valence-corrected chi connectivity index (χ0v) is 8.22. The Bertz CT molecular complexity index is 369. The molecule has 2 rings (SSSR count). The SMILES string of the molecule is N#Cc1ccnnc1OCC1CCCO1. The maximum Gasteiger partial charge on any atom is 0.251 e. The molecule has 1 aromatic rings. The van der Waals surface area contributed by atoms with Crippen molar-refractivity contribution in [2.24, 2.45) is 0 Å². The molecule has 1 atom stereocenters. The van der Waals surface area contributed by atoms with Gasteiger partial charge in [0.05, 0.1) is 12.3 Å². The Labute approximate surface area is 87.6 Å². The van der Waals surface area contributed by atoms with Gasteiger partial charge in [-0.25, -0.2) is 0 Å². The predicted octanol–water partition coefficient (Wildman–Crippen LogP) is 0.906. The number of ether oxygens (including phenoxy) is 2. The molecule has 0 radical (unpaired) electrons. The summed E-state index contributed by atoms with van der Waals surface area (Å²) in [6, 6.07) is 3.58. The Morgan fingerprint density at radius 2 is 2.60 bits per heavy atom. The van der Waals surface area contributed by atoms with Gasteiger partial charge in [0.15, 0.2) is 0 Å². The number of aromatic nitrogens is 2. The molecule has 5 heteroatoms. The fourth-order valence-corrected chi connectivity index (χ4v) is 1.46. The fourth-order valence-electron chi connectivity index (χ4n) is 1.46. The van der Waals surface area contributed by atoms with Gasteiger partial charge in [0, 0.05) is 6.61 Å². The van der Waals surface area contributed by atoms with Crippen LogP contribution in [0.1, 0.15) is 18.4 Å². The van der Waals surface area contributed by atoms with Crippen molar-refractivity contribution in [2.75, 3.05) is 13.2 Å². The van der Waals surface area contributed by atoms with E-state index in [1.165, 1.54) is 6.20 Å². The van der Waals surface area contributed by atoms with E-state index >= 15 is 0 Å². The third-order valence-corrected chi connectivity index (χ3v) is 2.24. The van der Waals surface area contributed by atoms with Crippen molar-refractivity contribution in [3.63, 3.8) is 0 Å². The average Bonchev–Trinajstić information content (AvgIpc) is 2.79. The molecule has 1 aromatic heterocycles. The van der Waals surface area contributed by atoms with Crippen molar-refractivity contribution < 1.29 is 9.47 Å². The van der Waals surface area contributed by atoms with Crippen LogP contribution in [0.2, 0.25) is 0 Å². The third kappa shape index (κ3) is 2.42. The van der Waals surface area contributed by atoms with Gasteiger partial charge in [-0.15, -0.1) is 5.10 Å². The molecule has 1 aliphatic rings. The molecule has 15 heavy (non-hydrogen) atoms. The van der Waals surface area contributed by atoms with Gasteiger partial charge < -0.3 is 9.47 Å². The minimum Gasteiger partial charge on any atom is -0.473 e. The molecule has 0 saturated carbocycles. The lowest BCUT2D eigenvalue weighted by Gasteiger charge is -2.10. The summed E-state index contributed by atoms with van der Waals surface area (Å²) in [6.45, 7) is 1.23. The van der Waals surface area contributed by atoms with Crippen molar-refractivity contribution in [1.29, 1.82) is 5.26 Å². The van der Waals surface area contributed by atoms with E-state index in [0.29, 0.717) is 12.2 Å². The maximum absolute atomic E-state index is 8.78. The van der Waals surface area contributed by atoms with Gasteiger partial charge in [0.2, 0.25) is 0 Å². The Kier molecular flexibility index (Phi) is 3.10. The molecular formula is C10H11N3O2. The van der Waals surface area contributed by atoms with Crippen LogP contribution < -0.4 is 4.74 Å². The molecular weight excluding hydrogens is 194 g/mol. The first-order valence-corrected chi connectivity index (χ1v) is 4.86. The van der Waals surface area contributed by atoms with Crippen molar-refractivity contribution in [2.45, 2.75) is 18.9 Å². The molecule has 1 unspecified atom stereocenters. The van der Waals surface area contributed by atoms with Gasteiger partial charge in [0.1, 0.15) is 18.2 Å². The highest BCUT2D eigenvalue weighted by atomic mass is 16.5. The fraction of sp³-hybridized carbons (Fsp3) is 0.500. The van der Waals surface area contributed by atoms with E-state index in [4.69, 9.17) is 14.7 Å². The molecule has 0 bridgehead atoms. The number of hydrogen-bond donors (Lipinski definition) is 0. The van der Waals surface area contributed by atoms with Crippen molar-refractivity contribution in [3.05, 3.63) is 17.8 Å². The molecule has 78 valence electrons. The van der Waals surface area contributed by atoms with Crippen LogP contribution in [0.15, 0.2) is 12.3 Å². The molecule has 0 aliphatic carbocycles. The highest BCUT2D eigenvalue weighted by Gasteiger charge is 2.17. The quantitative estimate of drug-likeness (QED) is 0.733. The van der Waals surface area contributed by atoms with Crippen LogP contribution in [0.5, 0.6) is 5.88 Å². The summed E-state index contributed by atoms with van der Waals surface area (Å²) in [4.78, 5) is 0.